The monoisotopic (exact) mass is 404 g/mol. The van der Waals surface area contributed by atoms with Gasteiger partial charge in [0.15, 0.2) is 0 Å². The second-order valence-corrected chi connectivity index (χ2v) is 7.51. The maximum absolute atomic E-state index is 12.4. The van der Waals surface area contributed by atoms with Crippen molar-refractivity contribution in [3.05, 3.63) is 53.9 Å². The van der Waals surface area contributed by atoms with Crippen LogP contribution >= 0.6 is 0 Å². The lowest BCUT2D eigenvalue weighted by Gasteiger charge is -2.36. The summed E-state index contributed by atoms with van der Waals surface area (Å²) >= 11 is 0. The number of hydrogen-bond acceptors (Lipinski definition) is 5. The summed E-state index contributed by atoms with van der Waals surface area (Å²) in [6, 6.07) is 14.5. The van der Waals surface area contributed by atoms with Crippen molar-refractivity contribution in [2.75, 3.05) is 26.0 Å². The molecule has 3 N–H and O–H groups in total. The number of nitrogens with zero attached hydrogens (tertiary/aromatic N) is 3. The fourth-order valence-electron chi connectivity index (χ4n) is 3.81. The zero-order valence-corrected chi connectivity index (χ0v) is 17.0. The van der Waals surface area contributed by atoms with Crippen LogP contribution in [0.5, 0.6) is 5.75 Å². The fourth-order valence-corrected chi connectivity index (χ4v) is 3.81. The lowest BCUT2D eigenvalue weighted by atomic mass is 9.97. The molecule has 2 heterocycles. The van der Waals surface area contributed by atoms with E-state index in [1.165, 1.54) is 0 Å². The quantitative estimate of drug-likeness (QED) is 0.618. The average Bonchev–Trinajstić information content (AvgIpc) is 3.18. The number of nitrogens with one attached hydrogen (secondary N) is 3. The summed E-state index contributed by atoms with van der Waals surface area (Å²) in [7, 11) is 3.72. The summed E-state index contributed by atoms with van der Waals surface area (Å²) in [5.41, 5.74) is 3.05. The second kappa shape index (κ2) is 8.43. The SMILES string of the molecule is COc1ccc2nc(C3CC(NC(=O)Nc4ccc(C#N)cc4)CCN3C)[nH]c2c1. The highest BCUT2D eigenvalue weighted by atomic mass is 16.5. The molecule has 2 atom stereocenters. The summed E-state index contributed by atoms with van der Waals surface area (Å²) in [5, 5.41) is 14.8. The van der Waals surface area contributed by atoms with Gasteiger partial charge in [-0.3, -0.25) is 4.90 Å². The fraction of sp³-hybridized carbons (Fsp3) is 0.318. The number of nitriles is 1. The Labute approximate surface area is 174 Å². The molecule has 4 rings (SSSR count). The molecule has 1 aliphatic rings. The number of rotatable bonds is 4. The molecule has 1 aromatic heterocycles. The van der Waals surface area contributed by atoms with E-state index in [1.54, 1.807) is 31.4 Å². The number of carbonyl (C=O) groups excluding carboxylic acids is 1. The Morgan fingerprint density at radius 1 is 1.30 bits per heavy atom. The van der Waals surface area contributed by atoms with Crippen LogP contribution in [0.1, 0.15) is 30.3 Å². The summed E-state index contributed by atoms with van der Waals surface area (Å²) in [6.07, 6.45) is 1.62. The molecular weight excluding hydrogens is 380 g/mol. The van der Waals surface area contributed by atoms with Gasteiger partial charge in [0, 0.05) is 24.3 Å². The highest BCUT2D eigenvalue weighted by Gasteiger charge is 2.30. The zero-order valence-electron chi connectivity index (χ0n) is 17.0. The number of aromatic amines is 1. The van der Waals surface area contributed by atoms with Crippen molar-refractivity contribution in [2.24, 2.45) is 0 Å². The number of fused-ring (bicyclic) bond motifs is 1. The number of urea groups is 1. The van der Waals surface area contributed by atoms with E-state index >= 15 is 0 Å². The van der Waals surface area contributed by atoms with Crippen LogP contribution in [0.2, 0.25) is 0 Å². The minimum absolute atomic E-state index is 0.0346. The number of anilines is 1. The molecule has 2 aromatic carbocycles. The molecule has 0 bridgehead atoms. The summed E-state index contributed by atoms with van der Waals surface area (Å²) in [4.78, 5) is 22.8. The smallest absolute Gasteiger partial charge is 0.319 e. The number of piperidine rings is 1. The Hall–Kier alpha value is -3.57. The number of amides is 2. The van der Waals surface area contributed by atoms with Crippen LogP contribution in [0.3, 0.4) is 0 Å². The minimum atomic E-state index is -0.248. The second-order valence-electron chi connectivity index (χ2n) is 7.51. The number of hydrogen-bond donors (Lipinski definition) is 3. The zero-order chi connectivity index (χ0) is 21.1. The van der Waals surface area contributed by atoms with Crippen molar-refractivity contribution >= 4 is 22.8 Å². The largest absolute Gasteiger partial charge is 0.497 e. The van der Waals surface area contributed by atoms with E-state index in [-0.39, 0.29) is 18.1 Å². The maximum atomic E-state index is 12.4. The third kappa shape index (κ3) is 4.21. The summed E-state index contributed by atoms with van der Waals surface area (Å²) < 4.78 is 5.29. The van der Waals surface area contributed by atoms with Gasteiger partial charge in [-0.1, -0.05) is 0 Å². The van der Waals surface area contributed by atoms with Gasteiger partial charge < -0.3 is 20.4 Å². The number of methoxy groups -OCH3 is 1. The van der Waals surface area contributed by atoms with Gasteiger partial charge in [-0.25, -0.2) is 9.78 Å². The van der Waals surface area contributed by atoms with Crippen molar-refractivity contribution < 1.29 is 9.53 Å². The number of ether oxygens (including phenoxy) is 1. The van der Waals surface area contributed by atoms with Gasteiger partial charge in [-0.05, 0) is 56.3 Å². The van der Waals surface area contributed by atoms with E-state index in [9.17, 15) is 4.79 Å². The van der Waals surface area contributed by atoms with Crippen LogP contribution in [0.25, 0.3) is 11.0 Å². The van der Waals surface area contributed by atoms with E-state index in [2.05, 4.69) is 33.6 Å². The van der Waals surface area contributed by atoms with E-state index in [0.29, 0.717) is 11.3 Å². The van der Waals surface area contributed by atoms with Crippen molar-refractivity contribution in [1.29, 1.82) is 5.26 Å². The van der Waals surface area contributed by atoms with E-state index in [0.717, 1.165) is 42.0 Å². The van der Waals surface area contributed by atoms with Gasteiger partial charge in [0.05, 0.1) is 35.8 Å². The van der Waals surface area contributed by atoms with Crippen LogP contribution in [0, 0.1) is 11.3 Å². The van der Waals surface area contributed by atoms with Crippen LogP contribution in [0.15, 0.2) is 42.5 Å². The summed E-state index contributed by atoms with van der Waals surface area (Å²) in [6.45, 7) is 0.854. The molecule has 8 heteroatoms. The number of likely N-dealkylation sites (tertiary alicyclic amines) is 1. The Balaban J connectivity index is 1.42. The predicted octanol–water partition coefficient (Wildman–Crippen LogP) is 3.40. The topological polar surface area (TPSA) is 106 Å². The number of H-pyrrole nitrogens is 1. The van der Waals surface area contributed by atoms with Crippen molar-refractivity contribution in [1.82, 2.24) is 20.2 Å². The first-order valence-electron chi connectivity index (χ1n) is 9.87. The molecule has 0 saturated carbocycles. The Bertz CT molecular complexity index is 1090. The third-order valence-corrected chi connectivity index (χ3v) is 5.50. The van der Waals surface area contributed by atoms with Gasteiger partial charge in [0.25, 0.3) is 0 Å². The van der Waals surface area contributed by atoms with Crippen LogP contribution in [-0.4, -0.2) is 47.6 Å². The van der Waals surface area contributed by atoms with Crippen molar-refractivity contribution in [2.45, 2.75) is 24.9 Å². The number of imidazole rings is 1. The maximum Gasteiger partial charge on any atom is 0.319 e. The van der Waals surface area contributed by atoms with Crippen LogP contribution in [-0.2, 0) is 0 Å². The molecule has 0 aliphatic carbocycles. The first-order chi connectivity index (χ1) is 14.6. The lowest BCUT2D eigenvalue weighted by Crippen LogP contribution is -2.46. The average molecular weight is 404 g/mol. The van der Waals surface area contributed by atoms with Gasteiger partial charge in [-0.15, -0.1) is 0 Å². The molecule has 0 spiro atoms. The van der Waals surface area contributed by atoms with Gasteiger partial charge in [-0.2, -0.15) is 5.26 Å². The first kappa shape index (κ1) is 19.7. The van der Waals surface area contributed by atoms with Crippen LogP contribution in [0.4, 0.5) is 10.5 Å². The Kier molecular flexibility index (Phi) is 5.55. The summed E-state index contributed by atoms with van der Waals surface area (Å²) in [5.74, 6) is 1.67. The highest BCUT2D eigenvalue weighted by molar-refractivity contribution is 5.89. The molecule has 1 fully saturated rings. The third-order valence-electron chi connectivity index (χ3n) is 5.50. The molecule has 2 unspecified atom stereocenters. The molecule has 30 heavy (non-hydrogen) atoms. The number of benzene rings is 2. The van der Waals surface area contributed by atoms with Crippen molar-refractivity contribution in [3.8, 4) is 11.8 Å². The lowest BCUT2D eigenvalue weighted by molar-refractivity contribution is 0.153. The van der Waals surface area contributed by atoms with E-state index in [1.807, 2.05) is 18.2 Å². The van der Waals surface area contributed by atoms with Gasteiger partial charge in [0.1, 0.15) is 11.6 Å². The Morgan fingerprint density at radius 3 is 2.83 bits per heavy atom. The number of aromatic nitrogens is 2. The molecule has 3 aromatic rings. The number of carbonyl (C=O) groups is 1. The molecular formula is C22H24N6O2. The van der Waals surface area contributed by atoms with Crippen molar-refractivity contribution in [3.63, 3.8) is 0 Å². The minimum Gasteiger partial charge on any atom is -0.497 e. The normalized spacial score (nSPS) is 19.2. The molecule has 1 aliphatic heterocycles. The molecule has 1 saturated heterocycles. The van der Waals surface area contributed by atoms with Crippen LogP contribution < -0.4 is 15.4 Å². The van der Waals surface area contributed by atoms with Gasteiger partial charge in [0.2, 0.25) is 0 Å². The molecule has 8 nitrogen and oxygen atoms in total. The van der Waals surface area contributed by atoms with E-state index in [4.69, 9.17) is 15.0 Å². The first-order valence-corrected chi connectivity index (χ1v) is 9.87. The van der Waals surface area contributed by atoms with Gasteiger partial charge >= 0.3 is 6.03 Å². The Morgan fingerprint density at radius 2 is 2.10 bits per heavy atom. The predicted molar refractivity (Wildman–Crippen MR) is 114 cm³/mol. The van der Waals surface area contributed by atoms with E-state index < -0.39 is 0 Å². The molecule has 0 radical (unpaired) electrons. The molecule has 2 amide bonds. The standard InChI is InChI=1S/C22H24N6O2/c1-28-10-9-16(25-22(29)24-15-5-3-14(13-23)4-6-15)11-20(28)21-26-18-8-7-17(30-2)12-19(18)27-21/h3-8,12,16,20H,9-11H2,1-2H3,(H,26,27)(H2,24,25,29). The molecule has 154 valence electrons. The highest BCUT2D eigenvalue weighted by Crippen LogP contribution is 2.30.